The van der Waals surface area contributed by atoms with Gasteiger partial charge in [-0.15, -0.1) is 0 Å². The van der Waals surface area contributed by atoms with Crippen LogP contribution in [0, 0.1) is 5.92 Å². The molecule has 1 aromatic carbocycles. The highest BCUT2D eigenvalue weighted by atomic mass is 16.5. The summed E-state index contributed by atoms with van der Waals surface area (Å²) in [5.74, 6) is 0.657. The molecule has 0 atom stereocenters. The summed E-state index contributed by atoms with van der Waals surface area (Å²) in [5, 5.41) is 6.21. The lowest BCUT2D eigenvalue weighted by Gasteiger charge is -2.32. The quantitative estimate of drug-likeness (QED) is 0.679. The molecule has 150 valence electrons. The molecule has 1 aromatic heterocycles. The van der Waals surface area contributed by atoms with Gasteiger partial charge in [0.05, 0.1) is 0 Å². The Hall–Kier alpha value is -2.60. The minimum Gasteiger partial charge on any atom is -0.385 e. The Balaban J connectivity index is 1.57. The molecule has 28 heavy (non-hydrogen) atoms. The first-order chi connectivity index (χ1) is 13.7. The van der Waals surface area contributed by atoms with Gasteiger partial charge in [-0.25, -0.2) is 0 Å². The number of rotatable bonds is 8. The highest BCUT2D eigenvalue weighted by Crippen LogP contribution is 2.25. The molecule has 2 aromatic rings. The molecule has 0 saturated carbocycles. The van der Waals surface area contributed by atoms with E-state index >= 15 is 0 Å². The number of nitrogens with zero attached hydrogens (tertiary/aromatic N) is 2. The van der Waals surface area contributed by atoms with Crippen LogP contribution in [0.4, 0.5) is 17.1 Å². The zero-order valence-corrected chi connectivity index (χ0v) is 16.8. The molecule has 0 unspecified atom stereocenters. The molecule has 1 saturated heterocycles. The molecule has 1 amide bonds. The van der Waals surface area contributed by atoms with Crippen LogP contribution in [0.25, 0.3) is 0 Å². The first-order valence-corrected chi connectivity index (χ1v) is 10.0. The van der Waals surface area contributed by atoms with Crippen LogP contribution < -0.4 is 15.5 Å². The fourth-order valence-electron chi connectivity index (χ4n) is 3.33. The normalized spacial score (nSPS) is 14.7. The van der Waals surface area contributed by atoms with E-state index < -0.39 is 0 Å². The van der Waals surface area contributed by atoms with Gasteiger partial charge in [0.2, 0.25) is 0 Å². The van der Waals surface area contributed by atoms with Crippen molar-refractivity contribution in [3.05, 3.63) is 48.3 Å². The zero-order chi connectivity index (χ0) is 19.8. The van der Waals surface area contributed by atoms with E-state index in [2.05, 4.69) is 51.7 Å². The topological polar surface area (TPSA) is 66.5 Å². The summed E-state index contributed by atoms with van der Waals surface area (Å²) < 4.78 is 4.99. The molecular formula is C22H30N4O2. The van der Waals surface area contributed by atoms with Gasteiger partial charge >= 0.3 is 0 Å². The highest BCUT2D eigenvalue weighted by molar-refractivity contribution is 5.93. The summed E-state index contributed by atoms with van der Waals surface area (Å²) in [6.45, 7) is 5.78. The Morgan fingerprint density at radius 3 is 2.64 bits per heavy atom. The van der Waals surface area contributed by atoms with Crippen LogP contribution in [-0.4, -0.2) is 44.2 Å². The second kappa shape index (κ2) is 10.1. The van der Waals surface area contributed by atoms with Gasteiger partial charge in [-0.05, 0) is 61.6 Å². The van der Waals surface area contributed by atoms with Crippen molar-refractivity contribution in [3.8, 4) is 0 Å². The average molecular weight is 383 g/mol. The molecule has 1 fully saturated rings. The van der Waals surface area contributed by atoms with Gasteiger partial charge in [-0.3, -0.25) is 9.78 Å². The van der Waals surface area contributed by atoms with Gasteiger partial charge < -0.3 is 20.3 Å². The van der Waals surface area contributed by atoms with Gasteiger partial charge in [-0.2, -0.15) is 0 Å². The molecule has 1 aliphatic heterocycles. The summed E-state index contributed by atoms with van der Waals surface area (Å²) in [5.41, 5.74) is 3.51. The summed E-state index contributed by atoms with van der Waals surface area (Å²) in [4.78, 5) is 18.8. The number of carbonyl (C=O) groups is 1. The van der Waals surface area contributed by atoms with E-state index in [9.17, 15) is 4.79 Å². The molecule has 1 aliphatic rings. The maximum absolute atomic E-state index is 12.2. The first-order valence-electron chi connectivity index (χ1n) is 10.0. The van der Waals surface area contributed by atoms with Gasteiger partial charge in [0, 0.05) is 56.6 Å². The smallest absolute Gasteiger partial charge is 0.269 e. The van der Waals surface area contributed by atoms with Gasteiger partial charge in [0.15, 0.2) is 0 Å². The predicted octanol–water partition coefficient (Wildman–Crippen LogP) is 3.83. The van der Waals surface area contributed by atoms with E-state index in [-0.39, 0.29) is 5.91 Å². The van der Waals surface area contributed by atoms with Gasteiger partial charge in [0.25, 0.3) is 5.91 Å². The van der Waals surface area contributed by atoms with Crippen LogP contribution in [0.3, 0.4) is 0 Å². The number of benzene rings is 1. The van der Waals surface area contributed by atoms with E-state index in [0.29, 0.717) is 18.8 Å². The van der Waals surface area contributed by atoms with Crippen molar-refractivity contribution in [2.75, 3.05) is 43.6 Å². The van der Waals surface area contributed by atoms with Crippen LogP contribution >= 0.6 is 0 Å². The van der Waals surface area contributed by atoms with Crippen molar-refractivity contribution in [3.63, 3.8) is 0 Å². The Kier molecular flexibility index (Phi) is 7.25. The van der Waals surface area contributed by atoms with Crippen molar-refractivity contribution in [1.82, 2.24) is 10.3 Å². The number of amides is 1. The number of nitrogens with one attached hydrogen (secondary N) is 2. The van der Waals surface area contributed by atoms with Gasteiger partial charge in [0.1, 0.15) is 5.69 Å². The number of piperidine rings is 1. The zero-order valence-electron chi connectivity index (χ0n) is 16.8. The van der Waals surface area contributed by atoms with Crippen molar-refractivity contribution in [2.24, 2.45) is 5.92 Å². The molecule has 6 nitrogen and oxygen atoms in total. The monoisotopic (exact) mass is 382 g/mol. The number of hydrogen-bond acceptors (Lipinski definition) is 5. The highest BCUT2D eigenvalue weighted by Gasteiger charge is 2.15. The van der Waals surface area contributed by atoms with E-state index in [0.717, 1.165) is 36.8 Å². The Morgan fingerprint density at radius 2 is 1.93 bits per heavy atom. The lowest BCUT2D eigenvalue weighted by molar-refractivity contribution is 0.0943. The minimum absolute atomic E-state index is 0.172. The van der Waals surface area contributed by atoms with Gasteiger partial charge in [-0.1, -0.05) is 6.92 Å². The molecule has 3 rings (SSSR count). The minimum atomic E-state index is -0.172. The lowest BCUT2D eigenvalue weighted by atomic mass is 9.99. The summed E-state index contributed by atoms with van der Waals surface area (Å²) >= 11 is 0. The fourth-order valence-corrected chi connectivity index (χ4v) is 3.33. The van der Waals surface area contributed by atoms with E-state index in [1.165, 1.54) is 18.5 Å². The van der Waals surface area contributed by atoms with Crippen molar-refractivity contribution in [1.29, 1.82) is 0 Å². The average Bonchev–Trinajstić information content (AvgIpc) is 2.72. The molecule has 6 heteroatoms. The van der Waals surface area contributed by atoms with E-state index in [4.69, 9.17) is 4.74 Å². The van der Waals surface area contributed by atoms with Crippen LogP contribution in [0.15, 0.2) is 42.6 Å². The van der Waals surface area contributed by atoms with Crippen LogP contribution in [0.5, 0.6) is 0 Å². The molecule has 0 aliphatic carbocycles. The largest absolute Gasteiger partial charge is 0.385 e. The van der Waals surface area contributed by atoms with Crippen molar-refractivity contribution < 1.29 is 9.53 Å². The number of carbonyl (C=O) groups excluding carboxylic acids is 1. The first kappa shape index (κ1) is 20.1. The summed E-state index contributed by atoms with van der Waals surface area (Å²) in [6, 6.07) is 12.1. The lowest BCUT2D eigenvalue weighted by Crippen LogP contribution is -2.32. The Morgan fingerprint density at radius 1 is 1.18 bits per heavy atom. The second-order valence-electron chi connectivity index (χ2n) is 7.37. The van der Waals surface area contributed by atoms with Crippen LogP contribution in [0.1, 0.15) is 36.7 Å². The standard InChI is InChI=1S/C22H30N4O2/c1-17-9-13-26(14-10-17)20-6-4-18(5-7-20)25-19-8-12-23-21(16-19)22(27)24-11-3-15-28-2/h4-8,12,16-17H,3,9-11,13-15H2,1-2H3,(H,23,25)(H,24,27). The Labute approximate surface area is 167 Å². The van der Waals surface area contributed by atoms with Crippen molar-refractivity contribution >= 4 is 23.0 Å². The molecule has 2 N–H and O–H groups in total. The SMILES string of the molecule is COCCCNC(=O)c1cc(Nc2ccc(N3CCC(C)CC3)cc2)ccn1. The van der Waals surface area contributed by atoms with Crippen LogP contribution in [-0.2, 0) is 4.74 Å². The number of anilines is 3. The maximum atomic E-state index is 12.2. The van der Waals surface area contributed by atoms with Crippen LogP contribution in [0.2, 0.25) is 0 Å². The Bertz CT molecular complexity index is 755. The summed E-state index contributed by atoms with van der Waals surface area (Å²) in [7, 11) is 1.65. The third-order valence-corrected chi connectivity index (χ3v) is 5.11. The maximum Gasteiger partial charge on any atom is 0.269 e. The molecule has 2 heterocycles. The third kappa shape index (κ3) is 5.70. The number of ether oxygens (including phenoxy) is 1. The molecule has 0 spiro atoms. The second-order valence-corrected chi connectivity index (χ2v) is 7.37. The number of aromatic nitrogens is 1. The summed E-state index contributed by atoms with van der Waals surface area (Å²) in [6.07, 6.45) is 4.94. The molecule has 0 radical (unpaired) electrons. The third-order valence-electron chi connectivity index (χ3n) is 5.11. The fraction of sp³-hybridized carbons (Fsp3) is 0.455. The number of pyridine rings is 1. The molecule has 0 bridgehead atoms. The number of methoxy groups -OCH3 is 1. The predicted molar refractivity (Wildman–Crippen MR) is 113 cm³/mol. The number of hydrogen-bond donors (Lipinski definition) is 2. The molecular weight excluding hydrogens is 352 g/mol. The van der Waals surface area contributed by atoms with E-state index in [1.54, 1.807) is 19.4 Å². The van der Waals surface area contributed by atoms with E-state index in [1.807, 2.05) is 6.07 Å². The van der Waals surface area contributed by atoms with Crippen molar-refractivity contribution in [2.45, 2.75) is 26.2 Å².